The molecule has 2 N–H and O–H groups in total. The van der Waals surface area contributed by atoms with Gasteiger partial charge in [-0.05, 0) is 46.5 Å². The van der Waals surface area contributed by atoms with E-state index in [2.05, 4.69) is 32.6 Å². The average molecular weight is 242 g/mol. The van der Waals surface area contributed by atoms with E-state index >= 15 is 0 Å². The molecular formula is C14H30N2O. The maximum absolute atomic E-state index is 6.22. The average Bonchev–Trinajstić information content (AvgIpc) is 2.66. The Morgan fingerprint density at radius 3 is 2.59 bits per heavy atom. The van der Waals surface area contributed by atoms with Crippen molar-refractivity contribution in [3.8, 4) is 0 Å². The zero-order valence-corrected chi connectivity index (χ0v) is 12.2. The number of methoxy groups -OCH3 is 1. The molecule has 1 fully saturated rings. The number of nitrogens with zero attached hydrogens (tertiary/aromatic N) is 1. The van der Waals surface area contributed by atoms with Crippen molar-refractivity contribution in [2.24, 2.45) is 5.73 Å². The fourth-order valence-corrected chi connectivity index (χ4v) is 2.75. The molecule has 3 nitrogen and oxygen atoms in total. The minimum atomic E-state index is -0.218. The summed E-state index contributed by atoms with van der Waals surface area (Å²) in [5.74, 6) is 0. The Bertz CT molecular complexity index is 230. The number of ether oxygens (including phenoxy) is 1. The van der Waals surface area contributed by atoms with Crippen LogP contribution in [0.5, 0.6) is 0 Å². The maximum atomic E-state index is 6.22. The van der Waals surface area contributed by atoms with E-state index in [0.29, 0.717) is 0 Å². The summed E-state index contributed by atoms with van der Waals surface area (Å²) in [7, 11) is 1.74. The first-order valence-electron chi connectivity index (χ1n) is 6.98. The van der Waals surface area contributed by atoms with Crippen molar-refractivity contribution in [1.29, 1.82) is 0 Å². The van der Waals surface area contributed by atoms with Crippen LogP contribution in [-0.2, 0) is 4.74 Å². The molecule has 102 valence electrons. The molecule has 0 bridgehead atoms. The van der Waals surface area contributed by atoms with E-state index in [4.69, 9.17) is 10.5 Å². The van der Waals surface area contributed by atoms with E-state index in [9.17, 15) is 0 Å². The first-order valence-corrected chi connectivity index (χ1v) is 6.98. The molecular weight excluding hydrogens is 212 g/mol. The third-order valence-electron chi connectivity index (χ3n) is 4.54. The minimum Gasteiger partial charge on any atom is -0.377 e. The molecule has 3 heteroatoms. The zero-order valence-electron chi connectivity index (χ0n) is 12.2. The fourth-order valence-electron chi connectivity index (χ4n) is 2.75. The largest absolute Gasteiger partial charge is 0.377 e. The lowest BCUT2D eigenvalue weighted by Crippen LogP contribution is -2.47. The highest BCUT2D eigenvalue weighted by molar-refractivity contribution is 4.88. The highest BCUT2D eigenvalue weighted by Crippen LogP contribution is 2.26. The fraction of sp³-hybridized carbons (Fsp3) is 1.00. The number of hydrogen-bond donors (Lipinski definition) is 1. The molecule has 1 heterocycles. The third kappa shape index (κ3) is 3.67. The van der Waals surface area contributed by atoms with Gasteiger partial charge in [-0.15, -0.1) is 0 Å². The van der Waals surface area contributed by atoms with Crippen LogP contribution in [0.3, 0.4) is 0 Å². The number of likely N-dealkylation sites (tertiary alicyclic amines) is 1. The van der Waals surface area contributed by atoms with Crippen LogP contribution in [0.2, 0.25) is 0 Å². The molecule has 0 aromatic rings. The smallest absolute Gasteiger partial charge is 0.0773 e. The summed E-state index contributed by atoms with van der Waals surface area (Å²) in [6, 6.07) is 1.60. The highest BCUT2D eigenvalue weighted by atomic mass is 16.5. The summed E-state index contributed by atoms with van der Waals surface area (Å²) in [6.45, 7) is 9.87. The predicted octanol–water partition coefficient (Wildman–Crippen LogP) is 2.39. The van der Waals surface area contributed by atoms with Gasteiger partial charge in [0.1, 0.15) is 0 Å². The summed E-state index contributed by atoms with van der Waals surface area (Å²) in [4.78, 5) is 2.63. The normalized spacial score (nSPS) is 28.6. The Labute approximate surface area is 107 Å². The van der Waals surface area contributed by atoms with Gasteiger partial charge in [0.25, 0.3) is 0 Å². The minimum absolute atomic E-state index is 0.109. The Hall–Kier alpha value is -0.120. The zero-order chi connectivity index (χ0) is 13.1. The Balaban J connectivity index is 2.44. The van der Waals surface area contributed by atoms with Gasteiger partial charge in [0.2, 0.25) is 0 Å². The van der Waals surface area contributed by atoms with Gasteiger partial charge in [0.05, 0.1) is 5.60 Å². The molecule has 0 spiro atoms. The van der Waals surface area contributed by atoms with Crippen LogP contribution in [0.15, 0.2) is 0 Å². The number of hydrogen-bond acceptors (Lipinski definition) is 3. The molecule has 0 aromatic carbocycles. The molecule has 1 aliphatic rings. The van der Waals surface area contributed by atoms with E-state index in [1.807, 2.05) is 0 Å². The van der Waals surface area contributed by atoms with Crippen LogP contribution in [-0.4, -0.2) is 42.3 Å². The molecule has 0 aromatic heterocycles. The topological polar surface area (TPSA) is 38.5 Å². The van der Waals surface area contributed by atoms with Crippen molar-refractivity contribution in [1.82, 2.24) is 4.90 Å². The van der Waals surface area contributed by atoms with E-state index in [1.54, 1.807) is 7.11 Å². The van der Waals surface area contributed by atoms with Gasteiger partial charge in [-0.2, -0.15) is 0 Å². The Morgan fingerprint density at radius 1 is 1.41 bits per heavy atom. The molecule has 0 amide bonds. The molecule has 0 saturated carbocycles. The van der Waals surface area contributed by atoms with Gasteiger partial charge in [0, 0.05) is 31.8 Å². The van der Waals surface area contributed by atoms with Gasteiger partial charge in [-0.25, -0.2) is 0 Å². The molecule has 0 radical (unpaired) electrons. The lowest BCUT2D eigenvalue weighted by Gasteiger charge is -2.34. The molecule has 1 saturated heterocycles. The molecule has 3 atom stereocenters. The number of nitrogens with two attached hydrogens (primary N) is 1. The maximum Gasteiger partial charge on any atom is 0.0773 e. The number of rotatable bonds is 6. The van der Waals surface area contributed by atoms with Gasteiger partial charge in [0.15, 0.2) is 0 Å². The standard InChI is InChI=1S/C14H30N2O/c1-6-12-8-7-11(2)16(12)10-9-13(15)14(3,4)17-5/h11-13H,6-10,15H2,1-5H3. The van der Waals surface area contributed by atoms with Crippen LogP contribution >= 0.6 is 0 Å². The molecule has 1 aliphatic heterocycles. The van der Waals surface area contributed by atoms with Crippen molar-refractivity contribution in [3.63, 3.8) is 0 Å². The van der Waals surface area contributed by atoms with Crippen molar-refractivity contribution < 1.29 is 4.74 Å². The Kier molecular flexibility index (Phi) is 5.42. The van der Waals surface area contributed by atoms with Crippen LogP contribution in [0.25, 0.3) is 0 Å². The van der Waals surface area contributed by atoms with Crippen LogP contribution < -0.4 is 5.73 Å². The summed E-state index contributed by atoms with van der Waals surface area (Å²) in [6.07, 6.45) is 4.96. The van der Waals surface area contributed by atoms with Gasteiger partial charge in [-0.3, -0.25) is 4.90 Å². The second-order valence-electron chi connectivity index (χ2n) is 5.93. The lowest BCUT2D eigenvalue weighted by atomic mass is 9.96. The van der Waals surface area contributed by atoms with Gasteiger partial charge in [-0.1, -0.05) is 6.92 Å². The van der Waals surface area contributed by atoms with Crippen LogP contribution in [0.1, 0.15) is 53.4 Å². The van der Waals surface area contributed by atoms with E-state index in [1.165, 1.54) is 19.3 Å². The summed E-state index contributed by atoms with van der Waals surface area (Å²) in [5, 5.41) is 0. The van der Waals surface area contributed by atoms with E-state index in [0.717, 1.165) is 25.0 Å². The second kappa shape index (κ2) is 6.17. The SMILES string of the molecule is CCC1CCC(C)N1CCC(N)C(C)(C)OC. The summed E-state index contributed by atoms with van der Waals surface area (Å²) < 4.78 is 5.45. The second-order valence-corrected chi connectivity index (χ2v) is 5.93. The molecule has 1 rings (SSSR count). The van der Waals surface area contributed by atoms with Crippen molar-refractivity contribution in [3.05, 3.63) is 0 Å². The van der Waals surface area contributed by atoms with E-state index < -0.39 is 0 Å². The van der Waals surface area contributed by atoms with Crippen molar-refractivity contribution in [2.45, 2.75) is 77.1 Å². The van der Waals surface area contributed by atoms with Gasteiger partial charge >= 0.3 is 0 Å². The molecule has 3 unspecified atom stereocenters. The van der Waals surface area contributed by atoms with E-state index in [-0.39, 0.29) is 11.6 Å². The van der Waals surface area contributed by atoms with Crippen molar-refractivity contribution >= 4 is 0 Å². The van der Waals surface area contributed by atoms with Crippen LogP contribution in [0, 0.1) is 0 Å². The summed E-state index contributed by atoms with van der Waals surface area (Å²) in [5.41, 5.74) is 6.00. The molecule has 0 aliphatic carbocycles. The Morgan fingerprint density at radius 2 is 2.06 bits per heavy atom. The quantitative estimate of drug-likeness (QED) is 0.777. The van der Waals surface area contributed by atoms with Crippen molar-refractivity contribution in [2.75, 3.05) is 13.7 Å². The lowest BCUT2D eigenvalue weighted by molar-refractivity contribution is -0.00486. The van der Waals surface area contributed by atoms with Crippen LogP contribution in [0.4, 0.5) is 0 Å². The predicted molar refractivity (Wildman–Crippen MR) is 73.2 cm³/mol. The first-order chi connectivity index (χ1) is 7.92. The molecule has 17 heavy (non-hydrogen) atoms. The monoisotopic (exact) mass is 242 g/mol. The third-order valence-corrected chi connectivity index (χ3v) is 4.54. The van der Waals surface area contributed by atoms with Gasteiger partial charge < -0.3 is 10.5 Å². The first kappa shape index (κ1) is 14.9. The summed E-state index contributed by atoms with van der Waals surface area (Å²) >= 11 is 0. The highest BCUT2D eigenvalue weighted by Gasteiger charge is 2.31.